The van der Waals surface area contributed by atoms with Gasteiger partial charge in [-0.25, -0.2) is 4.98 Å². The number of thiophene rings is 1. The second-order valence-electron chi connectivity index (χ2n) is 4.68. The summed E-state index contributed by atoms with van der Waals surface area (Å²) in [4.78, 5) is 9.33. The SMILES string of the molecule is Nc1nc(Nc2cc(C3CC3)[nH]n2)c2ccsc2n1. The summed E-state index contributed by atoms with van der Waals surface area (Å²) in [5.74, 6) is 2.40. The fourth-order valence-electron chi connectivity index (χ4n) is 2.09. The van der Waals surface area contributed by atoms with Crippen LogP contribution in [0.4, 0.5) is 17.6 Å². The number of nitrogen functional groups attached to an aromatic ring is 1. The molecular formula is C12H12N6S. The van der Waals surface area contributed by atoms with Crippen molar-refractivity contribution < 1.29 is 0 Å². The molecule has 1 saturated carbocycles. The number of hydrogen-bond acceptors (Lipinski definition) is 6. The van der Waals surface area contributed by atoms with Gasteiger partial charge in [-0.1, -0.05) is 0 Å². The second-order valence-corrected chi connectivity index (χ2v) is 5.57. The molecule has 6 nitrogen and oxygen atoms in total. The van der Waals surface area contributed by atoms with Crippen LogP contribution < -0.4 is 11.1 Å². The van der Waals surface area contributed by atoms with Crippen LogP contribution in [-0.2, 0) is 0 Å². The minimum atomic E-state index is 0.274. The molecule has 3 heterocycles. The number of rotatable bonds is 3. The summed E-state index contributed by atoms with van der Waals surface area (Å²) >= 11 is 1.55. The molecule has 3 aromatic heterocycles. The van der Waals surface area contributed by atoms with Crippen LogP contribution in [0.25, 0.3) is 10.2 Å². The van der Waals surface area contributed by atoms with Crippen molar-refractivity contribution >= 4 is 39.1 Å². The normalized spacial score (nSPS) is 14.9. The third-order valence-corrected chi connectivity index (χ3v) is 4.01. The Hall–Kier alpha value is -2.15. The highest BCUT2D eigenvalue weighted by Crippen LogP contribution is 2.39. The molecule has 0 aliphatic heterocycles. The van der Waals surface area contributed by atoms with E-state index in [-0.39, 0.29) is 5.95 Å². The number of aromatic amines is 1. The van der Waals surface area contributed by atoms with Crippen LogP contribution in [-0.4, -0.2) is 20.2 Å². The molecule has 0 atom stereocenters. The van der Waals surface area contributed by atoms with Crippen LogP contribution >= 0.6 is 11.3 Å². The zero-order valence-corrected chi connectivity index (χ0v) is 10.9. The Labute approximate surface area is 113 Å². The number of nitrogens with zero attached hydrogens (tertiary/aromatic N) is 3. The molecular weight excluding hydrogens is 260 g/mol. The number of fused-ring (bicyclic) bond motifs is 1. The first-order chi connectivity index (χ1) is 9.29. The van der Waals surface area contributed by atoms with Gasteiger partial charge in [0.2, 0.25) is 5.95 Å². The summed E-state index contributed by atoms with van der Waals surface area (Å²) in [7, 11) is 0. The highest BCUT2D eigenvalue weighted by Gasteiger charge is 2.25. The van der Waals surface area contributed by atoms with Crippen molar-refractivity contribution in [2.75, 3.05) is 11.1 Å². The van der Waals surface area contributed by atoms with E-state index < -0.39 is 0 Å². The average molecular weight is 272 g/mol. The third kappa shape index (κ3) is 1.91. The Morgan fingerprint density at radius 1 is 1.37 bits per heavy atom. The first-order valence-electron chi connectivity index (χ1n) is 6.12. The summed E-state index contributed by atoms with van der Waals surface area (Å²) in [5, 5.41) is 13.5. The molecule has 0 aromatic carbocycles. The largest absolute Gasteiger partial charge is 0.368 e. The van der Waals surface area contributed by atoms with E-state index in [0.29, 0.717) is 11.7 Å². The molecule has 1 aliphatic rings. The third-order valence-electron chi connectivity index (χ3n) is 3.20. The van der Waals surface area contributed by atoms with Crippen molar-refractivity contribution in [3.63, 3.8) is 0 Å². The van der Waals surface area contributed by atoms with Crippen LogP contribution in [0.2, 0.25) is 0 Å². The van der Waals surface area contributed by atoms with Crippen molar-refractivity contribution in [2.45, 2.75) is 18.8 Å². The molecule has 0 saturated heterocycles. The maximum absolute atomic E-state index is 5.72. The molecule has 96 valence electrons. The number of nitrogens with two attached hydrogens (primary N) is 1. The van der Waals surface area contributed by atoms with E-state index in [2.05, 4.69) is 25.5 Å². The van der Waals surface area contributed by atoms with Gasteiger partial charge in [-0.2, -0.15) is 10.1 Å². The Morgan fingerprint density at radius 3 is 3.11 bits per heavy atom. The number of H-pyrrole nitrogens is 1. The number of nitrogens with one attached hydrogen (secondary N) is 2. The summed E-state index contributed by atoms with van der Waals surface area (Å²) in [6, 6.07) is 4.02. The molecule has 0 radical (unpaired) electrons. The number of hydrogen-bond donors (Lipinski definition) is 3. The Kier molecular flexibility index (Phi) is 2.22. The fourth-order valence-corrected chi connectivity index (χ4v) is 2.86. The van der Waals surface area contributed by atoms with Gasteiger partial charge in [0.05, 0.1) is 5.39 Å². The first kappa shape index (κ1) is 10.7. The van der Waals surface area contributed by atoms with Crippen molar-refractivity contribution in [1.82, 2.24) is 20.2 Å². The Balaban J connectivity index is 1.71. The van der Waals surface area contributed by atoms with E-state index in [1.165, 1.54) is 18.5 Å². The standard InChI is InChI=1S/C12H12N6S/c13-12-15-10(7-3-4-19-11(7)16-12)14-9-5-8(17-18-9)6-1-2-6/h3-6H,1-2H2,(H4,13,14,15,16,17,18). The van der Waals surface area contributed by atoms with Crippen LogP contribution in [0.1, 0.15) is 24.5 Å². The molecule has 1 aliphatic carbocycles. The minimum Gasteiger partial charge on any atom is -0.368 e. The first-order valence-corrected chi connectivity index (χ1v) is 7.00. The van der Waals surface area contributed by atoms with Gasteiger partial charge in [0, 0.05) is 17.7 Å². The van der Waals surface area contributed by atoms with Crippen molar-refractivity contribution in [2.24, 2.45) is 0 Å². The van der Waals surface area contributed by atoms with E-state index in [1.807, 2.05) is 17.5 Å². The Morgan fingerprint density at radius 2 is 2.26 bits per heavy atom. The van der Waals surface area contributed by atoms with Crippen LogP contribution in [0.5, 0.6) is 0 Å². The van der Waals surface area contributed by atoms with E-state index in [0.717, 1.165) is 16.0 Å². The highest BCUT2D eigenvalue weighted by molar-refractivity contribution is 7.16. The summed E-state index contributed by atoms with van der Waals surface area (Å²) in [6.45, 7) is 0. The summed E-state index contributed by atoms with van der Waals surface area (Å²) in [5.41, 5.74) is 6.90. The molecule has 19 heavy (non-hydrogen) atoms. The highest BCUT2D eigenvalue weighted by atomic mass is 32.1. The lowest BCUT2D eigenvalue weighted by atomic mass is 10.3. The molecule has 1 fully saturated rings. The zero-order valence-electron chi connectivity index (χ0n) is 10.1. The average Bonchev–Trinajstić information content (AvgIpc) is 2.95. The van der Waals surface area contributed by atoms with E-state index >= 15 is 0 Å². The lowest BCUT2D eigenvalue weighted by Gasteiger charge is -2.03. The van der Waals surface area contributed by atoms with Crippen molar-refractivity contribution in [3.05, 3.63) is 23.2 Å². The van der Waals surface area contributed by atoms with Gasteiger partial charge in [-0.05, 0) is 24.3 Å². The molecule has 0 bridgehead atoms. The molecule has 4 rings (SSSR count). The molecule has 0 amide bonds. The fraction of sp³-hybridized carbons (Fsp3) is 0.250. The summed E-state index contributed by atoms with van der Waals surface area (Å²) < 4.78 is 0. The van der Waals surface area contributed by atoms with Gasteiger partial charge in [0.25, 0.3) is 0 Å². The second kappa shape index (κ2) is 3.92. The maximum Gasteiger partial charge on any atom is 0.223 e. The van der Waals surface area contributed by atoms with Crippen LogP contribution in [0.15, 0.2) is 17.5 Å². The lowest BCUT2D eigenvalue weighted by molar-refractivity contribution is 0.966. The van der Waals surface area contributed by atoms with Gasteiger partial charge in [0.1, 0.15) is 10.6 Å². The van der Waals surface area contributed by atoms with Gasteiger partial charge < -0.3 is 11.1 Å². The smallest absolute Gasteiger partial charge is 0.223 e. The van der Waals surface area contributed by atoms with E-state index in [4.69, 9.17) is 5.73 Å². The quantitative estimate of drug-likeness (QED) is 0.681. The molecule has 0 spiro atoms. The minimum absolute atomic E-state index is 0.274. The zero-order chi connectivity index (χ0) is 12.8. The van der Waals surface area contributed by atoms with Crippen molar-refractivity contribution in [3.8, 4) is 0 Å². The van der Waals surface area contributed by atoms with Crippen LogP contribution in [0.3, 0.4) is 0 Å². The van der Waals surface area contributed by atoms with Crippen molar-refractivity contribution in [1.29, 1.82) is 0 Å². The van der Waals surface area contributed by atoms with E-state index in [9.17, 15) is 0 Å². The van der Waals surface area contributed by atoms with E-state index in [1.54, 1.807) is 11.3 Å². The topological polar surface area (TPSA) is 92.5 Å². The number of anilines is 3. The Bertz CT molecular complexity index is 742. The predicted octanol–water partition coefficient (Wildman–Crippen LogP) is 2.62. The molecule has 4 N–H and O–H groups in total. The lowest BCUT2D eigenvalue weighted by Crippen LogP contribution is -2.00. The number of aromatic nitrogens is 4. The van der Waals surface area contributed by atoms with Gasteiger partial charge in [-0.15, -0.1) is 11.3 Å². The van der Waals surface area contributed by atoms with Gasteiger partial charge >= 0.3 is 0 Å². The molecule has 3 aromatic rings. The monoisotopic (exact) mass is 272 g/mol. The van der Waals surface area contributed by atoms with Gasteiger partial charge in [-0.3, -0.25) is 5.10 Å². The molecule has 0 unspecified atom stereocenters. The predicted molar refractivity (Wildman–Crippen MR) is 75.7 cm³/mol. The molecule has 7 heteroatoms. The maximum atomic E-state index is 5.72. The van der Waals surface area contributed by atoms with Gasteiger partial charge in [0.15, 0.2) is 5.82 Å². The van der Waals surface area contributed by atoms with Crippen LogP contribution in [0, 0.1) is 0 Å². The summed E-state index contributed by atoms with van der Waals surface area (Å²) in [6.07, 6.45) is 2.49.